The van der Waals surface area contributed by atoms with Gasteiger partial charge in [-0.2, -0.15) is 5.26 Å². The number of hydrogen-bond acceptors (Lipinski definition) is 8. The lowest BCUT2D eigenvalue weighted by molar-refractivity contribution is -0.142. The second-order valence-corrected chi connectivity index (χ2v) is 15.9. The number of ether oxygens (including phenoxy) is 2. The number of nitrogens with zero attached hydrogens (tertiary/aromatic N) is 3. The molecule has 0 radical (unpaired) electrons. The summed E-state index contributed by atoms with van der Waals surface area (Å²) in [6.07, 6.45) is -0.580. The van der Waals surface area contributed by atoms with Gasteiger partial charge < -0.3 is 25.2 Å². The van der Waals surface area contributed by atoms with Crippen LogP contribution in [-0.2, 0) is 46.9 Å². The first-order valence-corrected chi connectivity index (χ1v) is 20.3. The van der Waals surface area contributed by atoms with Gasteiger partial charge in [0.25, 0.3) is 5.91 Å². The fraction of sp³-hybridized carbons (Fsp3) is 0.188. The van der Waals surface area contributed by atoms with Gasteiger partial charge in [-0.25, -0.2) is 4.79 Å². The predicted octanol–water partition coefficient (Wildman–Crippen LogP) is 8.63. The highest BCUT2D eigenvalue weighted by Gasteiger charge is 2.37. The predicted molar refractivity (Wildman–Crippen MR) is 231 cm³/mol. The lowest BCUT2D eigenvalue weighted by Gasteiger charge is -2.37. The highest BCUT2D eigenvalue weighted by atomic mass is 35.5. The molecule has 8 rings (SSSR count). The highest BCUT2D eigenvalue weighted by Crippen LogP contribution is 2.40. The first kappa shape index (κ1) is 41.0. The first-order chi connectivity index (χ1) is 29.5. The summed E-state index contributed by atoms with van der Waals surface area (Å²) in [5.41, 5.74) is 8.49. The number of anilines is 1. The maximum atomic E-state index is 14.2. The molecule has 2 aliphatic heterocycles. The number of halogens is 2. The average molecular weight is 853 g/mol. The SMILES string of the molecule is Cc1cccc(CN2Cc3cc4c(cc3CC2C(=O)N[C@@H](Cc2ccc(-c3ccc(C#N)cc3)cc2)C(=O)O)NC(=O)[C@H](c2ccc(OCc3ccc(Cl)c(Cl)c3)cc2)O4)n1. The van der Waals surface area contributed by atoms with Crippen LogP contribution in [0, 0.1) is 18.3 Å². The van der Waals surface area contributed by atoms with E-state index in [2.05, 4.69) is 21.7 Å². The average Bonchev–Trinajstić information content (AvgIpc) is 3.26. The Morgan fingerprint density at radius 2 is 1.66 bits per heavy atom. The number of fused-ring (bicyclic) bond motifs is 2. The molecule has 2 aliphatic rings. The van der Waals surface area contributed by atoms with E-state index >= 15 is 0 Å². The first-order valence-electron chi connectivity index (χ1n) is 19.6. The molecule has 3 heterocycles. The minimum Gasteiger partial charge on any atom is -0.489 e. The molecule has 1 unspecified atom stereocenters. The second-order valence-electron chi connectivity index (χ2n) is 15.1. The number of hydrogen-bond donors (Lipinski definition) is 3. The molecule has 2 amide bonds. The van der Waals surface area contributed by atoms with Crippen LogP contribution in [0.3, 0.4) is 0 Å². The Balaban J connectivity index is 0.982. The van der Waals surface area contributed by atoms with E-state index in [0.29, 0.717) is 51.4 Å². The third-order valence-electron chi connectivity index (χ3n) is 10.8. The van der Waals surface area contributed by atoms with E-state index < -0.39 is 30.1 Å². The Kier molecular flexibility index (Phi) is 12.0. The van der Waals surface area contributed by atoms with Crippen molar-refractivity contribution in [2.45, 2.75) is 57.6 Å². The summed E-state index contributed by atoms with van der Waals surface area (Å²) in [5.74, 6) is -0.824. The van der Waals surface area contributed by atoms with Crippen LogP contribution < -0.4 is 20.1 Å². The number of carboxylic acids is 1. The number of pyridine rings is 1. The van der Waals surface area contributed by atoms with Crippen molar-refractivity contribution in [1.29, 1.82) is 5.26 Å². The number of aliphatic carboxylic acids is 1. The van der Waals surface area contributed by atoms with Gasteiger partial charge in [-0.3, -0.25) is 19.5 Å². The fourth-order valence-electron chi connectivity index (χ4n) is 7.59. The Morgan fingerprint density at radius 1 is 0.934 bits per heavy atom. The van der Waals surface area contributed by atoms with Crippen LogP contribution in [0.5, 0.6) is 11.5 Å². The van der Waals surface area contributed by atoms with E-state index in [1.165, 1.54) is 0 Å². The van der Waals surface area contributed by atoms with Crippen molar-refractivity contribution in [3.63, 3.8) is 0 Å². The van der Waals surface area contributed by atoms with E-state index in [1.54, 1.807) is 48.5 Å². The smallest absolute Gasteiger partial charge is 0.326 e. The van der Waals surface area contributed by atoms with Gasteiger partial charge in [-0.15, -0.1) is 0 Å². The number of carbonyl (C=O) groups is 3. The van der Waals surface area contributed by atoms with Gasteiger partial charge in [-0.1, -0.05) is 83.9 Å². The molecule has 1 aromatic heterocycles. The quantitative estimate of drug-likeness (QED) is 0.110. The summed E-state index contributed by atoms with van der Waals surface area (Å²) in [6.45, 7) is 2.87. The number of aromatic nitrogens is 1. The highest BCUT2D eigenvalue weighted by molar-refractivity contribution is 6.42. The third kappa shape index (κ3) is 9.53. The largest absolute Gasteiger partial charge is 0.489 e. The zero-order valence-corrected chi connectivity index (χ0v) is 34.4. The minimum absolute atomic E-state index is 0.0734. The molecule has 0 fully saturated rings. The van der Waals surface area contributed by atoms with Crippen molar-refractivity contribution in [2.24, 2.45) is 0 Å². The lowest BCUT2D eigenvalue weighted by Crippen LogP contribution is -2.54. The van der Waals surface area contributed by atoms with Crippen LogP contribution in [-0.4, -0.2) is 44.9 Å². The van der Waals surface area contributed by atoms with Crippen LogP contribution in [0.25, 0.3) is 11.1 Å². The van der Waals surface area contributed by atoms with Gasteiger partial charge in [0.05, 0.1) is 39.1 Å². The van der Waals surface area contributed by atoms with E-state index in [-0.39, 0.29) is 25.4 Å². The summed E-state index contributed by atoms with van der Waals surface area (Å²) >= 11 is 12.2. The maximum Gasteiger partial charge on any atom is 0.326 e. The van der Waals surface area contributed by atoms with Crippen molar-refractivity contribution >= 4 is 46.7 Å². The monoisotopic (exact) mass is 851 g/mol. The van der Waals surface area contributed by atoms with Crippen LogP contribution in [0.2, 0.25) is 10.0 Å². The molecular weight excluding hydrogens is 813 g/mol. The normalized spacial score (nSPS) is 16.2. The summed E-state index contributed by atoms with van der Waals surface area (Å²) in [4.78, 5) is 46.9. The van der Waals surface area contributed by atoms with Crippen LogP contribution in [0.1, 0.15) is 50.9 Å². The number of amides is 2. The fourth-order valence-corrected chi connectivity index (χ4v) is 7.91. The zero-order chi connectivity index (χ0) is 42.6. The van der Waals surface area contributed by atoms with E-state index in [4.69, 9.17) is 37.9 Å². The number of rotatable bonds is 12. The summed E-state index contributed by atoms with van der Waals surface area (Å²) in [7, 11) is 0. The van der Waals surface area contributed by atoms with Crippen LogP contribution in [0.4, 0.5) is 5.69 Å². The molecule has 13 heteroatoms. The topological polar surface area (TPSA) is 154 Å². The Hall–Kier alpha value is -6.71. The molecule has 3 N–H and O–H groups in total. The lowest BCUT2D eigenvalue weighted by atomic mass is 9.91. The van der Waals surface area contributed by atoms with E-state index in [1.807, 2.05) is 84.6 Å². The molecule has 0 aliphatic carbocycles. The van der Waals surface area contributed by atoms with Crippen LogP contribution in [0.15, 0.2) is 121 Å². The van der Waals surface area contributed by atoms with Crippen LogP contribution >= 0.6 is 23.2 Å². The number of benzene rings is 5. The molecule has 6 aromatic rings. The Labute approximate surface area is 362 Å². The van der Waals surface area contributed by atoms with E-state index in [0.717, 1.165) is 44.8 Å². The standard InChI is InChI=1S/C48H39Cl2N5O6/c1-28-3-2-4-37(52-28)26-55-25-36-23-44-41(53-47(57)45(61-44)34-14-16-38(17-15-34)60-27-31-9-18-39(49)40(50)19-31)21-35(36)22-43(55)46(56)54-42(48(58)59)20-29-5-10-32(11-6-29)33-12-7-30(24-51)8-13-33/h2-19,21,23,42-43,45H,20,22,25-27H2,1H3,(H,53,57)(H,54,56)(H,58,59)/t42-,43?,45-/m0/s1. The van der Waals surface area contributed by atoms with Gasteiger partial charge >= 0.3 is 5.97 Å². The van der Waals surface area contributed by atoms with Gasteiger partial charge in [0, 0.05) is 30.8 Å². The summed E-state index contributed by atoms with van der Waals surface area (Å²) < 4.78 is 12.3. The van der Waals surface area contributed by atoms with Gasteiger partial charge in [0.1, 0.15) is 24.1 Å². The zero-order valence-electron chi connectivity index (χ0n) is 32.9. The third-order valence-corrected chi connectivity index (χ3v) is 11.6. The minimum atomic E-state index is -1.19. The molecule has 0 bridgehead atoms. The summed E-state index contributed by atoms with van der Waals surface area (Å²) in [6, 6.07) is 36.8. The van der Waals surface area contributed by atoms with Crippen molar-refractivity contribution < 1.29 is 29.0 Å². The second kappa shape index (κ2) is 17.9. The van der Waals surface area contributed by atoms with Gasteiger partial charge in [-0.05, 0) is 107 Å². The Morgan fingerprint density at radius 3 is 2.34 bits per heavy atom. The molecule has 5 aromatic carbocycles. The van der Waals surface area contributed by atoms with Crippen molar-refractivity contribution in [2.75, 3.05) is 5.32 Å². The molecular formula is C48H39Cl2N5O6. The molecule has 0 saturated carbocycles. The number of carbonyl (C=O) groups excluding carboxylic acids is 2. The Bertz CT molecular complexity index is 2670. The number of nitrogens with one attached hydrogen (secondary N) is 2. The molecule has 3 atom stereocenters. The van der Waals surface area contributed by atoms with Gasteiger partial charge in [0.15, 0.2) is 0 Å². The van der Waals surface area contributed by atoms with Crippen molar-refractivity contribution in [3.05, 3.63) is 176 Å². The number of nitriles is 1. The number of carboxylic acid groups (broad SMARTS) is 1. The van der Waals surface area contributed by atoms with Crippen molar-refractivity contribution in [1.82, 2.24) is 15.2 Å². The molecule has 61 heavy (non-hydrogen) atoms. The van der Waals surface area contributed by atoms with Gasteiger partial charge in [0.2, 0.25) is 12.0 Å². The molecule has 0 spiro atoms. The van der Waals surface area contributed by atoms with Crippen molar-refractivity contribution in [3.8, 4) is 28.7 Å². The molecule has 306 valence electrons. The molecule has 0 saturated heterocycles. The number of aryl methyl sites for hydroxylation is 1. The van der Waals surface area contributed by atoms with E-state index in [9.17, 15) is 19.5 Å². The summed E-state index contributed by atoms with van der Waals surface area (Å²) in [5, 5.41) is 26.1. The molecule has 11 nitrogen and oxygen atoms in total. The maximum absolute atomic E-state index is 14.2.